The van der Waals surface area contributed by atoms with Crippen molar-refractivity contribution >= 4 is 17.5 Å². The zero-order valence-corrected chi connectivity index (χ0v) is 14.1. The van der Waals surface area contributed by atoms with Crippen LogP contribution in [0.5, 0.6) is 5.75 Å². The SMILES string of the molecule is NC(=O)c1cccc(Cl)c1OCC1CNCCC1c1ccccc1. The Morgan fingerprint density at radius 3 is 2.75 bits per heavy atom. The smallest absolute Gasteiger partial charge is 0.252 e. The number of carbonyl (C=O) groups excluding carboxylic acids is 1. The number of nitrogens with two attached hydrogens (primary N) is 1. The molecule has 1 heterocycles. The molecule has 0 bridgehead atoms. The van der Waals surface area contributed by atoms with Crippen molar-refractivity contribution in [2.24, 2.45) is 11.7 Å². The van der Waals surface area contributed by atoms with Gasteiger partial charge in [-0.05, 0) is 36.6 Å². The molecule has 2 atom stereocenters. The first-order valence-corrected chi connectivity index (χ1v) is 8.51. The zero-order chi connectivity index (χ0) is 16.9. The van der Waals surface area contributed by atoms with Crippen molar-refractivity contribution in [1.82, 2.24) is 5.32 Å². The summed E-state index contributed by atoms with van der Waals surface area (Å²) in [6, 6.07) is 15.5. The number of benzene rings is 2. The number of piperidine rings is 1. The molecule has 1 aliphatic rings. The molecule has 2 aromatic carbocycles. The van der Waals surface area contributed by atoms with Crippen molar-refractivity contribution in [2.75, 3.05) is 19.7 Å². The van der Waals surface area contributed by atoms with E-state index in [2.05, 4.69) is 29.6 Å². The first kappa shape index (κ1) is 16.8. The van der Waals surface area contributed by atoms with Crippen molar-refractivity contribution in [3.05, 3.63) is 64.7 Å². The lowest BCUT2D eigenvalue weighted by molar-refractivity contribution is 0.0994. The quantitative estimate of drug-likeness (QED) is 0.875. The lowest BCUT2D eigenvalue weighted by Crippen LogP contribution is -2.38. The van der Waals surface area contributed by atoms with E-state index in [4.69, 9.17) is 22.1 Å². The molecule has 2 unspecified atom stereocenters. The van der Waals surface area contributed by atoms with Gasteiger partial charge in [0.05, 0.1) is 17.2 Å². The molecule has 1 saturated heterocycles. The molecular formula is C19H21ClN2O2. The Balaban J connectivity index is 1.77. The summed E-state index contributed by atoms with van der Waals surface area (Å²) in [4.78, 5) is 11.6. The molecule has 2 aromatic rings. The Labute approximate surface area is 147 Å². The number of nitrogens with one attached hydrogen (secondary N) is 1. The molecule has 3 rings (SSSR count). The van der Waals surface area contributed by atoms with Gasteiger partial charge in [-0.2, -0.15) is 0 Å². The minimum absolute atomic E-state index is 0.304. The predicted molar refractivity (Wildman–Crippen MR) is 95.6 cm³/mol. The number of amides is 1. The topological polar surface area (TPSA) is 64.4 Å². The number of primary amides is 1. The van der Waals surface area contributed by atoms with Crippen molar-refractivity contribution < 1.29 is 9.53 Å². The van der Waals surface area contributed by atoms with Gasteiger partial charge in [-0.3, -0.25) is 4.79 Å². The molecule has 1 fully saturated rings. The van der Waals surface area contributed by atoms with E-state index in [1.807, 2.05) is 6.07 Å². The minimum Gasteiger partial charge on any atom is -0.491 e. The van der Waals surface area contributed by atoms with E-state index < -0.39 is 5.91 Å². The first-order valence-electron chi connectivity index (χ1n) is 8.13. The summed E-state index contributed by atoms with van der Waals surface area (Å²) in [7, 11) is 0. The van der Waals surface area contributed by atoms with Crippen molar-refractivity contribution in [1.29, 1.82) is 0 Å². The van der Waals surface area contributed by atoms with Gasteiger partial charge in [0.25, 0.3) is 5.91 Å². The second-order valence-electron chi connectivity index (χ2n) is 6.06. The summed E-state index contributed by atoms with van der Waals surface area (Å²) >= 11 is 6.20. The van der Waals surface area contributed by atoms with Crippen LogP contribution in [0.2, 0.25) is 5.02 Å². The molecule has 3 N–H and O–H groups in total. The summed E-state index contributed by atoms with van der Waals surface area (Å²) < 4.78 is 5.95. The standard InChI is InChI=1S/C19H21ClN2O2/c20-17-8-4-7-16(19(21)23)18(17)24-12-14-11-22-10-9-15(14)13-5-2-1-3-6-13/h1-8,14-15,22H,9-12H2,(H2,21,23). The Morgan fingerprint density at radius 1 is 1.21 bits per heavy atom. The van der Waals surface area contributed by atoms with E-state index in [9.17, 15) is 4.79 Å². The second-order valence-corrected chi connectivity index (χ2v) is 6.47. The van der Waals surface area contributed by atoms with Gasteiger partial charge in [0, 0.05) is 12.5 Å². The minimum atomic E-state index is -0.533. The molecule has 0 aliphatic carbocycles. The highest BCUT2D eigenvalue weighted by molar-refractivity contribution is 6.32. The fourth-order valence-electron chi connectivity index (χ4n) is 3.28. The molecule has 0 spiro atoms. The zero-order valence-electron chi connectivity index (χ0n) is 13.4. The highest BCUT2D eigenvalue weighted by atomic mass is 35.5. The van der Waals surface area contributed by atoms with Gasteiger partial charge in [0.2, 0.25) is 0 Å². The maximum absolute atomic E-state index is 11.6. The predicted octanol–water partition coefficient (Wildman–Crippen LogP) is 3.21. The monoisotopic (exact) mass is 344 g/mol. The number of para-hydroxylation sites is 1. The van der Waals surface area contributed by atoms with Gasteiger partial charge in [0.15, 0.2) is 5.75 Å². The Kier molecular flexibility index (Phi) is 5.38. The van der Waals surface area contributed by atoms with Gasteiger partial charge in [-0.1, -0.05) is 48.0 Å². The van der Waals surface area contributed by atoms with Crippen LogP contribution in [0.1, 0.15) is 28.3 Å². The molecule has 0 aromatic heterocycles. The lowest BCUT2D eigenvalue weighted by Gasteiger charge is -2.32. The van der Waals surface area contributed by atoms with Crippen LogP contribution in [0.15, 0.2) is 48.5 Å². The van der Waals surface area contributed by atoms with E-state index in [0.29, 0.717) is 34.8 Å². The molecule has 4 nitrogen and oxygen atoms in total. The maximum atomic E-state index is 11.6. The second kappa shape index (κ2) is 7.69. The first-order chi connectivity index (χ1) is 11.7. The van der Waals surface area contributed by atoms with Crippen LogP contribution < -0.4 is 15.8 Å². The highest BCUT2D eigenvalue weighted by Gasteiger charge is 2.27. The van der Waals surface area contributed by atoms with Gasteiger partial charge in [0.1, 0.15) is 0 Å². The van der Waals surface area contributed by atoms with Crippen LogP contribution in [0.4, 0.5) is 0 Å². The molecule has 1 amide bonds. The molecule has 1 aliphatic heterocycles. The molecule has 0 saturated carbocycles. The summed E-state index contributed by atoms with van der Waals surface area (Å²) in [6.07, 6.45) is 1.06. The van der Waals surface area contributed by atoms with Gasteiger partial charge in [-0.15, -0.1) is 0 Å². The number of halogens is 1. The summed E-state index contributed by atoms with van der Waals surface area (Å²) in [5.41, 5.74) is 7.06. The Bertz CT molecular complexity index is 706. The third-order valence-corrected chi connectivity index (χ3v) is 4.81. The molecule has 0 radical (unpaired) electrons. The highest BCUT2D eigenvalue weighted by Crippen LogP contribution is 2.33. The van der Waals surface area contributed by atoms with Crippen LogP contribution in [-0.4, -0.2) is 25.6 Å². The van der Waals surface area contributed by atoms with Gasteiger partial charge < -0.3 is 15.8 Å². The van der Waals surface area contributed by atoms with Crippen LogP contribution in [0.3, 0.4) is 0 Å². The van der Waals surface area contributed by atoms with Crippen LogP contribution in [-0.2, 0) is 0 Å². The Morgan fingerprint density at radius 2 is 2.00 bits per heavy atom. The van der Waals surface area contributed by atoms with E-state index in [-0.39, 0.29) is 0 Å². The van der Waals surface area contributed by atoms with Crippen LogP contribution in [0.25, 0.3) is 0 Å². The van der Waals surface area contributed by atoms with E-state index in [1.54, 1.807) is 18.2 Å². The molecular weight excluding hydrogens is 324 g/mol. The van der Waals surface area contributed by atoms with Crippen molar-refractivity contribution in [2.45, 2.75) is 12.3 Å². The molecule has 126 valence electrons. The van der Waals surface area contributed by atoms with E-state index in [1.165, 1.54) is 5.56 Å². The number of carbonyl (C=O) groups is 1. The fraction of sp³-hybridized carbons (Fsp3) is 0.316. The Hall–Kier alpha value is -2.04. The normalized spacial score (nSPS) is 20.5. The number of hydrogen-bond donors (Lipinski definition) is 2. The van der Waals surface area contributed by atoms with Crippen molar-refractivity contribution in [3.63, 3.8) is 0 Å². The third kappa shape index (κ3) is 3.71. The lowest BCUT2D eigenvalue weighted by atomic mass is 9.81. The average Bonchev–Trinajstić information content (AvgIpc) is 2.61. The largest absolute Gasteiger partial charge is 0.491 e. The number of rotatable bonds is 5. The van der Waals surface area contributed by atoms with Crippen molar-refractivity contribution in [3.8, 4) is 5.75 Å². The number of hydrogen-bond acceptors (Lipinski definition) is 3. The number of ether oxygens (including phenoxy) is 1. The fourth-order valence-corrected chi connectivity index (χ4v) is 3.51. The van der Waals surface area contributed by atoms with E-state index >= 15 is 0 Å². The third-order valence-electron chi connectivity index (χ3n) is 4.51. The molecule has 24 heavy (non-hydrogen) atoms. The van der Waals surface area contributed by atoms with Gasteiger partial charge >= 0.3 is 0 Å². The van der Waals surface area contributed by atoms with Crippen LogP contribution >= 0.6 is 11.6 Å². The summed E-state index contributed by atoms with van der Waals surface area (Å²) in [5.74, 6) is 0.572. The maximum Gasteiger partial charge on any atom is 0.252 e. The van der Waals surface area contributed by atoms with E-state index in [0.717, 1.165) is 19.5 Å². The average molecular weight is 345 g/mol. The molecule has 5 heteroatoms. The van der Waals surface area contributed by atoms with Gasteiger partial charge in [-0.25, -0.2) is 0 Å². The summed E-state index contributed by atoms with van der Waals surface area (Å²) in [6.45, 7) is 2.35. The summed E-state index contributed by atoms with van der Waals surface area (Å²) in [5, 5.41) is 3.83. The van der Waals surface area contributed by atoms with Crippen LogP contribution in [0, 0.1) is 5.92 Å².